The summed E-state index contributed by atoms with van der Waals surface area (Å²) in [6.45, 7) is 4.08. The first-order chi connectivity index (χ1) is 16.0. The van der Waals surface area contributed by atoms with Gasteiger partial charge in [0.2, 0.25) is 5.91 Å². The highest BCUT2D eigenvalue weighted by atomic mass is 16.5. The molecule has 8 heteroatoms. The molecule has 3 amide bonds. The number of hydrogen-bond acceptors (Lipinski definition) is 5. The summed E-state index contributed by atoms with van der Waals surface area (Å²) in [5.74, 6) is 0.689. The average molecular weight is 454 g/mol. The molecule has 1 atom stereocenters. The molecule has 1 aliphatic heterocycles. The van der Waals surface area contributed by atoms with E-state index in [9.17, 15) is 9.59 Å². The van der Waals surface area contributed by atoms with Gasteiger partial charge >= 0.3 is 6.03 Å². The van der Waals surface area contributed by atoms with Crippen molar-refractivity contribution in [2.75, 3.05) is 45.1 Å². The SMILES string of the molecule is CN1CCN(C(=O)[C@H](CCCCN)NC(=O)Nc2ccc(OCc3ccccc3)cc2)CC1. The molecule has 1 fully saturated rings. The van der Waals surface area contributed by atoms with Crippen LogP contribution in [0, 0.1) is 0 Å². The van der Waals surface area contributed by atoms with E-state index in [1.54, 1.807) is 12.1 Å². The first-order valence-electron chi connectivity index (χ1n) is 11.6. The molecule has 33 heavy (non-hydrogen) atoms. The molecule has 0 aromatic heterocycles. The van der Waals surface area contributed by atoms with Crippen molar-refractivity contribution in [3.05, 3.63) is 60.2 Å². The lowest BCUT2D eigenvalue weighted by Crippen LogP contribution is -2.54. The van der Waals surface area contributed by atoms with Crippen molar-refractivity contribution < 1.29 is 14.3 Å². The van der Waals surface area contributed by atoms with Gasteiger partial charge in [-0.15, -0.1) is 0 Å². The number of nitrogens with zero attached hydrogens (tertiary/aromatic N) is 2. The third-order valence-corrected chi connectivity index (χ3v) is 5.73. The lowest BCUT2D eigenvalue weighted by molar-refractivity contribution is -0.135. The first kappa shape index (κ1) is 24.5. The van der Waals surface area contributed by atoms with Crippen LogP contribution >= 0.6 is 0 Å². The number of carbonyl (C=O) groups excluding carboxylic acids is 2. The molecular formula is C25H35N5O3. The molecule has 4 N–H and O–H groups in total. The van der Waals surface area contributed by atoms with E-state index in [1.165, 1.54) is 0 Å². The Labute approximate surface area is 196 Å². The van der Waals surface area contributed by atoms with Gasteiger partial charge in [-0.3, -0.25) is 4.79 Å². The summed E-state index contributed by atoms with van der Waals surface area (Å²) in [6, 6.07) is 16.2. The van der Waals surface area contributed by atoms with Gasteiger partial charge in [-0.2, -0.15) is 0 Å². The van der Waals surface area contributed by atoms with Crippen molar-refractivity contribution in [1.29, 1.82) is 0 Å². The second-order valence-electron chi connectivity index (χ2n) is 8.36. The largest absolute Gasteiger partial charge is 0.489 e. The molecule has 3 rings (SSSR count). The number of ether oxygens (including phenoxy) is 1. The number of piperazine rings is 1. The Morgan fingerprint density at radius 2 is 1.70 bits per heavy atom. The molecule has 0 bridgehead atoms. The van der Waals surface area contributed by atoms with E-state index in [1.807, 2.05) is 54.4 Å². The summed E-state index contributed by atoms with van der Waals surface area (Å²) in [4.78, 5) is 29.7. The van der Waals surface area contributed by atoms with Gasteiger partial charge in [-0.05, 0) is 62.7 Å². The van der Waals surface area contributed by atoms with E-state index in [2.05, 4.69) is 15.5 Å². The van der Waals surface area contributed by atoms with E-state index in [0.29, 0.717) is 38.3 Å². The number of unbranched alkanes of at least 4 members (excludes halogenated alkanes) is 1. The molecule has 1 heterocycles. The molecule has 0 saturated carbocycles. The van der Waals surface area contributed by atoms with Gasteiger partial charge in [0.1, 0.15) is 18.4 Å². The summed E-state index contributed by atoms with van der Waals surface area (Å²) in [5.41, 5.74) is 7.33. The summed E-state index contributed by atoms with van der Waals surface area (Å²) < 4.78 is 5.79. The number of anilines is 1. The predicted octanol–water partition coefficient (Wildman–Crippen LogP) is 2.66. The lowest BCUT2D eigenvalue weighted by atomic mass is 10.1. The number of nitrogens with one attached hydrogen (secondary N) is 2. The topological polar surface area (TPSA) is 99.9 Å². The number of carbonyl (C=O) groups is 2. The van der Waals surface area contributed by atoms with Gasteiger partial charge in [-0.1, -0.05) is 30.3 Å². The highest BCUT2D eigenvalue weighted by Gasteiger charge is 2.27. The van der Waals surface area contributed by atoms with Crippen molar-refractivity contribution in [2.45, 2.75) is 31.9 Å². The van der Waals surface area contributed by atoms with Gasteiger partial charge in [0.15, 0.2) is 0 Å². The summed E-state index contributed by atoms with van der Waals surface area (Å²) >= 11 is 0. The number of rotatable bonds is 10. The molecular weight excluding hydrogens is 418 g/mol. The first-order valence-corrected chi connectivity index (χ1v) is 11.6. The van der Waals surface area contributed by atoms with Crippen LogP contribution in [0.2, 0.25) is 0 Å². The maximum absolute atomic E-state index is 13.0. The fraction of sp³-hybridized carbons (Fsp3) is 0.440. The van der Waals surface area contributed by atoms with Gasteiger partial charge < -0.3 is 30.9 Å². The summed E-state index contributed by atoms with van der Waals surface area (Å²) in [5, 5.41) is 5.69. The molecule has 0 unspecified atom stereocenters. The molecule has 1 saturated heterocycles. The maximum atomic E-state index is 13.0. The Bertz CT molecular complexity index is 867. The van der Waals surface area contributed by atoms with Crippen molar-refractivity contribution in [1.82, 2.24) is 15.1 Å². The summed E-state index contributed by atoms with van der Waals surface area (Å²) in [7, 11) is 2.05. The Hall–Kier alpha value is -3.10. The third kappa shape index (κ3) is 8.07. The van der Waals surface area contributed by atoms with Crippen LogP contribution in [0.4, 0.5) is 10.5 Å². The fourth-order valence-corrected chi connectivity index (χ4v) is 3.70. The van der Waals surface area contributed by atoms with Crippen molar-refractivity contribution in [3.63, 3.8) is 0 Å². The minimum atomic E-state index is -0.562. The Morgan fingerprint density at radius 3 is 2.36 bits per heavy atom. The van der Waals surface area contributed by atoms with Crippen molar-refractivity contribution in [3.8, 4) is 5.75 Å². The Balaban J connectivity index is 1.52. The van der Waals surface area contributed by atoms with E-state index in [4.69, 9.17) is 10.5 Å². The Kier molecular flexibility index (Phi) is 9.53. The summed E-state index contributed by atoms with van der Waals surface area (Å²) in [6.07, 6.45) is 2.18. The van der Waals surface area contributed by atoms with Crippen LogP contribution in [-0.4, -0.2) is 67.6 Å². The van der Waals surface area contributed by atoms with Crippen LogP contribution in [0.15, 0.2) is 54.6 Å². The molecule has 2 aromatic rings. The quantitative estimate of drug-likeness (QED) is 0.480. The van der Waals surface area contributed by atoms with Crippen molar-refractivity contribution >= 4 is 17.6 Å². The van der Waals surface area contributed by atoms with Gasteiger partial charge in [0.05, 0.1) is 0 Å². The van der Waals surface area contributed by atoms with Crippen LogP contribution in [0.5, 0.6) is 5.75 Å². The molecule has 0 radical (unpaired) electrons. The van der Waals surface area contributed by atoms with Crippen LogP contribution < -0.4 is 21.1 Å². The van der Waals surface area contributed by atoms with Crippen LogP contribution in [0.3, 0.4) is 0 Å². The molecule has 0 aliphatic carbocycles. The normalized spacial score (nSPS) is 15.0. The number of amides is 3. The van der Waals surface area contributed by atoms with Crippen LogP contribution in [0.1, 0.15) is 24.8 Å². The Morgan fingerprint density at radius 1 is 1.00 bits per heavy atom. The second kappa shape index (κ2) is 12.8. The lowest BCUT2D eigenvalue weighted by Gasteiger charge is -2.34. The highest BCUT2D eigenvalue weighted by Crippen LogP contribution is 2.17. The number of urea groups is 1. The van der Waals surface area contributed by atoms with Gasteiger partial charge in [0.25, 0.3) is 0 Å². The van der Waals surface area contributed by atoms with Gasteiger partial charge in [0, 0.05) is 31.9 Å². The minimum Gasteiger partial charge on any atom is -0.489 e. The van der Waals surface area contributed by atoms with E-state index >= 15 is 0 Å². The monoisotopic (exact) mass is 453 g/mol. The zero-order valence-corrected chi connectivity index (χ0v) is 19.3. The number of hydrogen-bond donors (Lipinski definition) is 3. The smallest absolute Gasteiger partial charge is 0.319 e. The van der Waals surface area contributed by atoms with E-state index < -0.39 is 12.1 Å². The van der Waals surface area contributed by atoms with E-state index in [0.717, 1.165) is 37.2 Å². The molecule has 178 valence electrons. The molecule has 2 aromatic carbocycles. The van der Waals surface area contributed by atoms with Gasteiger partial charge in [-0.25, -0.2) is 4.79 Å². The number of benzene rings is 2. The zero-order valence-electron chi connectivity index (χ0n) is 19.3. The molecule has 0 spiro atoms. The zero-order chi connectivity index (χ0) is 23.5. The number of nitrogens with two attached hydrogens (primary N) is 1. The van der Waals surface area contributed by atoms with Crippen molar-refractivity contribution in [2.24, 2.45) is 5.73 Å². The highest BCUT2D eigenvalue weighted by molar-refractivity contribution is 5.93. The predicted molar refractivity (Wildman–Crippen MR) is 130 cm³/mol. The number of likely N-dealkylation sites (N-methyl/N-ethyl adjacent to an activating group) is 1. The molecule has 8 nitrogen and oxygen atoms in total. The van der Waals surface area contributed by atoms with Crippen LogP contribution in [0.25, 0.3) is 0 Å². The van der Waals surface area contributed by atoms with Crippen LogP contribution in [-0.2, 0) is 11.4 Å². The maximum Gasteiger partial charge on any atom is 0.319 e. The fourth-order valence-electron chi connectivity index (χ4n) is 3.70. The molecule has 1 aliphatic rings. The average Bonchev–Trinajstić information content (AvgIpc) is 2.84. The second-order valence-corrected chi connectivity index (χ2v) is 8.36. The third-order valence-electron chi connectivity index (χ3n) is 5.73. The standard InChI is InChI=1S/C25H35N5O3/c1-29-15-17-30(18-16-29)24(31)23(9-5-6-14-26)28-25(32)27-21-10-12-22(13-11-21)33-19-20-7-3-2-4-8-20/h2-4,7-8,10-13,23H,5-6,9,14-19,26H2,1H3,(H2,27,28,32)/t23-/m0/s1. The minimum absolute atomic E-state index is 0.0278. The van der Waals surface area contributed by atoms with E-state index in [-0.39, 0.29) is 5.91 Å².